The molecule has 1 saturated carbocycles. The minimum absolute atomic E-state index is 0.175. The number of hydrogen-bond acceptors (Lipinski definition) is 3. The molecule has 1 N–H and O–H groups in total. The smallest absolute Gasteiger partial charge is 0.225 e. The number of aromatic nitrogens is 3. The van der Waals surface area contributed by atoms with Gasteiger partial charge in [0.2, 0.25) is 5.91 Å². The van der Waals surface area contributed by atoms with Crippen LogP contribution >= 0.6 is 0 Å². The second-order valence-electron chi connectivity index (χ2n) is 7.45. The quantitative estimate of drug-likeness (QED) is 0.931. The first kappa shape index (κ1) is 16.0. The number of amides is 1. The number of carbonyl (C=O) groups is 1. The number of H-pyrrole nitrogens is 1. The molecule has 5 heteroatoms. The van der Waals surface area contributed by atoms with Crippen molar-refractivity contribution in [2.75, 3.05) is 7.05 Å². The minimum atomic E-state index is 0.175. The number of carbonyl (C=O) groups excluding carboxylic acids is 1. The van der Waals surface area contributed by atoms with Crippen LogP contribution in [0.3, 0.4) is 0 Å². The Bertz CT molecular complexity index is 481. The van der Waals surface area contributed by atoms with Crippen molar-refractivity contribution in [2.24, 2.45) is 17.3 Å². The van der Waals surface area contributed by atoms with E-state index in [2.05, 4.69) is 36.0 Å². The van der Waals surface area contributed by atoms with E-state index in [0.717, 1.165) is 37.4 Å². The Morgan fingerprint density at radius 2 is 1.90 bits per heavy atom. The summed E-state index contributed by atoms with van der Waals surface area (Å²) in [5, 5.41) is 6.91. The van der Waals surface area contributed by atoms with Crippen LogP contribution in [-0.4, -0.2) is 33.0 Å². The molecular weight excluding hydrogens is 264 g/mol. The van der Waals surface area contributed by atoms with Gasteiger partial charge in [0, 0.05) is 13.0 Å². The largest absolute Gasteiger partial charge is 0.338 e. The molecule has 1 fully saturated rings. The van der Waals surface area contributed by atoms with Crippen LogP contribution < -0.4 is 0 Å². The van der Waals surface area contributed by atoms with Crippen LogP contribution in [-0.2, 0) is 11.3 Å². The standard InChI is InChI=1S/C16H28N4O/c1-11-17-14(19-18-11)10-20(5)15(21)12-6-8-13(9-7-12)16(2,3)4/h12-13H,6-10H2,1-5H3,(H,17,18,19). The van der Waals surface area contributed by atoms with Crippen LogP contribution in [0.5, 0.6) is 0 Å². The average Bonchev–Trinajstić information content (AvgIpc) is 2.82. The SMILES string of the molecule is Cc1nc(CN(C)C(=O)C2CCC(C(C)(C)C)CC2)n[nH]1. The number of aryl methyl sites for hydroxylation is 1. The molecule has 0 atom stereocenters. The second-order valence-corrected chi connectivity index (χ2v) is 7.45. The Morgan fingerprint density at radius 3 is 2.38 bits per heavy atom. The van der Waals surface area contributed by atoms with Crippen LogP contribution in [0.15, 0.2) is 0 Å². The lowest BCUT2D eigenvalue weighted by Gasteiger charge is -2.37. The number of nitrogens with zero attached hydrogens (tertiary/aromatic N) is 3. The summed E-state index contributed by atoms with van der Waals surface area (Å²) in [5.74, 6) is 2.63. The summed E-state index contributed by atoms with van der Waals surface area (Å²) in [6.45, 7) is 9.26. The van der Waals surface area contributed by atoms with Gasteiger partial charge in [-0.25, -0.2) is 4.98 Å². The van der Waals surface area contributed by atoms with E-state index in [1.165, 1.54) is 0 Å². The van der Waals surface area contributed by atoms with E-state index in [0.29, 0.717) is 17.8 Å². The molecule has 0 aliphatic heterocycles. The van der Waals surface area contributed by atoms with E-state index in [9.17, 15) is 4.79 Å². The highest BCUT2D eigenvalue weighted by Gasteiger charge is 2.33. The van der Waals surface area contributed by atoms with E-state index in [4.69, 9.17) is 0 Å². The van der Waals surface area contributed by atoms with Gasteiger partial charge in [0.05, 0.1) is 6.54 Å². The maximum atomic E-state index is 12.5. The zero-order valence-electron chi connectivity index (χ0n) is 13.9. The first-order chi connectivity index (χ1) is 9.77. The summed E-state index contributed by atoms with van der Waals surface area (Å²) in [5.41, 5.74) is 0.358. The minimum Gasteiger partial charge on any atom is -0.338 e. The van der Waals surface area contributed by atoms with Crippen LogP contribution in [0.1, 0.15) is 58.1 Å². The molecule has 21 heavy (non-hydrogen) atoms. The fraction of sp³-hybridized carbons (Fsp3) is 0.812. The summed E-state index contributed by atoms with van der Waals surface area (Å²) in [7, 11) is 1.85. The van der Waals surface area contributed by atoms with Gasteiger partial charge in [-0.1, -0.05) is 20.8 Å². The Kier molecular flexibility index (Phi) is 4.69. The van der Waals surface area contributed by atoms with Crippen LogP contribution in [0.2, 0.25) is 0 Å². The third kappa shape index (κ3) is 4.05. The van der Waals surface area contributed by atoms with E-state index >= 15 is 0 Å². The highest BCUT2D eigenvalue weighted by Crippen LogP contribution is 2.40. The van der Waals surface area contributed by atoms with Crippen molar-refractivity contribution < 1.29 is 4.79 Å². The lowest BCUT2D eigenvalue weighted by atomic mass is 9.69. The average molecular weight is 292 g/mol. The molecule has 1 amide bonds. The molecule has 0 aromatic carbocycles. The molecule has 2 rings (SSSR count). The predicted molar refractivity (Wildman–Crippen MR) is 82.5 cm³/mol. The first-order valence-corrected chi connectivity index (χ1v) is 7.90. The topological polar surface area (TPSA) is 61.9 Å². The molecule has 1 aliphatic rings. The van der Waals surface area contributed by atoms with E-state index < -0.39 is 0 Å². The van der Waals surface area contributed by atoms with Gasteiger partial charge >= 0.3 is 0 Å². The number of aromatic amines is 1. The molecule has 0 radical (unpaired) electrons. The van der Waals surface area contributed by atoms with Gasteiger partial charge in [-0.15, -0.1) is 0 Å². The molecule has 0 saturated heterocycles. The second kappa shape index (κ2) is 6.16. The number of rotatable bonds is 3. The highest BCUT2D eigenvalue weighted by molar-refractivity contribution is 5.78. The van der Waals surface area contributed by atoms with E-state index in [1.807, 2.05) is 14.0 Å². The zero-order valence-corrected chi connectivity index (χ0v) is 13.9. The first-order valence-electron chi connectivity index (χ1n) is 7.90. The monoisotopic (exact) mass is 292 g/mol. The summed E-state index contributed by atoms with van der Waals surface area (Å²) < 4.78 is 0. The Hall–Kier alpha value is -1.39. The molecule has 0 spiro atoms. The molecule has 1 aromatic heterocycles. The Labute approximate surface area is 127 Å². The summed E-state index contributed by atoms with van der Waals surface area (Å²) in [6.07, 6.45) is 4.34. The Balaban J connectivity index is 1.86. The summed E-state index contributed by atoms with van der Waals surface area (Å²) in [6, 6.07) is 0. The van der Waals surface area contributed by atoms with Crippen LogP contribution in [0.4, 0.5) is 0 Å². The van der Waals surface area contributed by atoms with Crippen LogP contribution in [0.25, 0.3) is 0 Å². The maximum Gasteiger partial charge on any atom is 0.225 e. The van der Waals surface area contributed by atoms with Crippen molar-refractivity contribution in [3.63, 3.8) is 0 Å². The maximum absolute atomic E-state index is 12.5. The van der Waals surface area contributed by atoms with Gasteiger partial charge in [0.25, 0.3) is 0 Å². The van der Waals surface area contributed by atoms with Crippen molar-refractivity contribution in [1.82, 2.24) is 20.1 Å². The molecule has 5 nitrogen and oxygen atoms in total. The molecule has 1 heterocycles. The van der Waals surface area contributed by atoms with Crippen molar-refractivity contribution in [2.45, 2.75) is 59.9 Å². The van der Waals surface area contributed by atoms with Gasteiger partial charge in [-0.3, -0.25) is 9.89 Å². The lowest BCUT2D eigenvalue weighted by Crippen LogP contribution is -2.36. The van der Waals surface area contributed by atoms with Gasteiger partial charge in [-0.2, -0.15) is 5.10 Å². The lowest BCUT2D eigenvalue weighted by molar-refractivity contribution is -0.136. The fourth-order valence-electron chi connectivity index (χ4n) is 3.27. The normalized spacial score (nSPS) is 23.1. The van der Waals surface area contributed by atoms with Gasteiger partial charge in [-0.05, 0) is 43.9 Å². The van der Waals surface area contributed by atoms with Gasteiger partial charge in [0.1, 0.15) is 5.82 Å². The molecular formula is C16H28N4O. The van der Waals surface area contributed by atoms with E-state index in [-0.39, 0.29) is 11.8 Å². The van der Waals surface area contributed by atoms with Gasteiger partial charge < -0.3 is 4.90 Å². The third-order valence-corrected chi connectivity index (χ3v) is 4.70. The zero-order chi connectivity index (χ0) is 15.6. The summed E-state index contributed by atoms with van der Waals surface area (Å²) >= 11 is 0. The molecule has 0 bridgehead atoms. The molecule has 0 unspecified atom stereocenters. The van der Waals surface area contributed by atoms with Crippen molar-refractivity contribution in [3.05, 3.63) is 11.6 Å². The fourth-order valence-corrected chi connectivity index (χ4v) is 3.27. The van der Waals surface area contributed by atoms with Crippen molar-refractivity contribution in [1.29, 1.82) is 0 Å². The van der Waals surface area contributed by atoms with Gasteiger partial charge in [0.15, 0.2) is 5.82 Å². The van der Waals surface area contributed by atoms with Crippen molar-refractivity contribution >= 4 is 5.91 Å². The van der Waals surface area contributed by atoms with E-state index in [1.54, 1.807) is 4.90 Å². The molecule has 1 aromatic rings. The van der Waals surface area contributed by atoms with Crippen LogP contribution in [0, 0.1) is 24.2 Å². The number of hydrogen-bond donors (Lipinski definition) is 1. The third-order valence-electron chi connectivity index (χ3n) is 4.70. The highest BCUT2D eigenvalue weighted by atomic mass is 16.2. The molecule has 1 aliphatic carbocycles. The Morgan fingerprint density at radius 1 is 1.29 bits per heavy atom. The molecule has 118 valence electrons. The predicted octanol–water partition coefficient (Wildman–Crippen LogP) is 2.92. The summed E-state index contributed by atoms with van der Waals surface area (Å²) in [4.78, 5) is 18.6. The number of nitrogens with one attached hydrogen (secondary N) is 1. The van der Waals surface area contributed by atoms with Crippen molar-refractivity contribution in [3.8, 4) is 0 Å².